The predicted octanol–water partition coefficient (Wildman–Crippen LogP) is 2.21. The molecule has 1 saturated heterocycles. The van der Waals surface area contributed by atoms with Gasteiger partial charge in [0.1, 0.15) is 11.4 Å². The molecule has 4 rings (SSSR count). The minimum absolute atomic E-state index is 0.162. The van der Waals surface area contributed by atoms with E-state index in [1.165, 1.54) is 0 Å². The number of nitrogens with one attached hydrogen (secondary N) is 2. The van der Waals surface area contributed by atoms with Crippen molar-refractivity contribution in [2.75, 3.05) is 18.0 Å². The van der Waals surface area contributed by atoms with Gasteiger partial charge in [-0.15, -0.1) is 0 Å². The lowest BCUT2D eigenvalue weighted by atomic mass is 9.96. The highest BCUT2D eigenvalue weighted by molar-refractivity contribution is 5.99. The van der Waals surface area contributed by atoms with Crippen molar-refractivity contribution in [2.24, 2.45) is 5.92 Å². The van der Waals surface area contributed by atoms with Crippen molar-refractivity contribution in [1.29, 1.82) is 0 Å². The third-order valence-electron chi connectivity index (χ3n) is 5.09. The van der Waals surface area contributed by atoms with Crippen molar-refractivity contribution in [1.82, 2.24) is 20.8 Å². The lowest BCUT2D eigenvalue weighted by Crippen LogP contribution is -2.47. The molecule has 8 nitrogen and oxygen atoms in total. The highest BCUT2D eigenvalue weighted by Crippen LogP contribution is 2.25. The summed E-state index contributed by atoms with van der Waals surface area (Å²) in [5.41, 5.74) is 6.40. The number of carbonyl (C=O) groups excluding carboxylic acids is 2. The van der Waals surface area contributed by atoms with Gasteiger partial charge in [0.2, 0.25) is 5.91 Å². The number of furan rings is 1. The minimum Gasteiger partial charge on any atom is -0.451 e. The van der Waals surface area contributed by atoms with E-state index < -0.39 is 5.91 Å². The second-order valence-electron chi connectivity index (χ2n) is 6.82. The maximum Gasteiger partial charge on any atom is 0.305 e. The van der Waals surface area contributed by atoms with Crippen molar-refractivity contribution in [3.05, 3.63) is 54.2 Å². The fraction of sp³-hybridized carbons (Fsp3) is 0.300. The van der Waals surface area contributed by atoms with Crippen LogP contribution in [-0.2, 0) is 4.79 Å². The van der Waals surface area contributed by atoms with Crippen molar-refractivity contribution in [3.8, 4) is 0 Å². The van der Waals surface area contributed by atoms with Crippen LogP contribution in [0.5, 0.6) is 0 Å². The number of hydrogen-bond acceptors (Lipinski definition) is 6. The van der Waals surface area contributed by atoms with E-state index in [9.17, 15) is 9.59 Å². The van der Waals surface area contributed by atoms with Gasteiger partial charge in [-0.05, 0) is 25.8 Å². The SMILES string of the molecule is Cc1c(C(=O)NNC(=O)C2CCN(c3cnccn3)CC2)oc2ccccc12. The van der Waals surface area contributed by atoms with Crippen LogP contribution in [0.25, 0.3) is 11.0 Å². The second kappa shape index (κ2) is 7.67. The van der Waals surface area contributed by atoms with Crippen LogP contribution in [0.4, 0.5) is 5.82 Å². The van der Waals surface area contributed by atoms with Crippen molar-refractivity contribution < 1.29 is 14.0 Å². The van der Waals surface area contributed by atoms with Crippen molar-refractivity contribution in [2.45, 2.75) is 19.8 Å². The number of anilines is 1. The van der Waals surface area contributed by atoms with Gasteiger partial charge in [0.05, 0.1) is 6.20 Å². The molecule has 0 bridgehead atoms. The molecular formula is C20H21N5O3. The van der Waals surface area contributed by atoms with Crippen LogP contribution in [0.2, 0.25) is 0 Å². The molecule has 2 N–H and O–H groups in total. The summed E-state index contributed by atoms with van der Waals surface area (Å²) in [5.74, 6) is 0.207. The first-order valence-electron chi connectivity index (χ1n) is 9.23. The first kappa shape index (κ1) is 18.0. The molecule has 2 amide bonds. The normalized spacial score (nSPS) is 14.8. The topological polar surface area (TPSA) is 100 Å². The largest absolute Gasteiger partial charge is 0.451 e. The van der Waals surface area contributed by atoms with Gasteiger partial charge < -0.3 is 9.32 Å². The number of rotatable bonds is 3. The van der Waals surface area contributed by atoms with Gasteiger partial charge in [0, 0.05) is 42.4 Å². The summed E-state index contributed by atoms with van der Waals surface area (Å²) in [7, 11) is 0. The van der Waals surface area contributed by atoms with E-state index in [2.05, 4.69) is 25.7 Å². The van der Waals surface area contributed by atoms with E-state index in [-0.39, 0.29) is 17.6 Å². The molecule has 1 aromatic carbocycles. The number of aryl methyl sites for hydroxylation is 1. The molecule has 0 saturated carbocycles. The van der Waals surface area contributed by atoms with E-state index in [1.807, 2.05) is 31.2 Å². The monoisotopic (exact) mass is 379 g/mol. The molecule has 0 radical (unpaired) electrons. The third-order valence-corrected chi connectivity index (χ3v) is 5.09. The number of aromatic nitrogens is 2. The van der Waals surface area contributed by atoms with Crippen molar-refractivity contribution >= 4 is 28.6 Å². The summed E-state index contributed by atoms with van der Waals surface area (Å²) in [6.45, 7) is 3.26. The summed E-state index contributed by atoms with van der Waals surface area (Å²) in [6.07, 6.45) is 6.37. The Bertz CT molecular complexity index is 994. The molecule has 144 valence electrons. The number of hydrazine groups is 1. The zero-order chi connectivity index (χ0) is 19.5. The maximum atomic E-state index is 12.4. The highest BCUT2D eigenvalue weighted by atomic mass is 16.3. The van der Waals surface area contributed by atoms with Gasteiger partial charge in [-0.25, -0.2) is 4.98 Å². The summed E-state index contributed by atoms with van der Waals surface area (Å²) in [4.78, 5) is 35.3. The summed E-state index contributed by atoms with van der Waals surface area (Å²) in [5, 5.41) is 0.885. The average molecular weight is 379 g/mol. The van der Waals surface area contributed by atoms with E-state index in [1.54, 1.807) is 18.6 Å². The maximum absolute atomic E-state index is 12.4. The smallest absolute Gasteiger partial charge is 0.305 e. The first-order valence-corrected chi connectivity index (χ1v) is 9.23. The van der Waals surface area contributed by atoms with Crippen molar-refractivity contribution in [3.63, 3.8) is 0 Å². The lowest BCUT2D eigenvalue weighted by Gasteiger charge is -2.31. The van der Waals surface area contributed by atoms with Gasteiger partial charge in [0.15, 0.2) is 5.76 Å². The average Bonchev–Trinajstić information content (AvgIpc) is 3.09. The predicted molar refractivity (Wildman–Crippen MR) is 104 cm³/mol. The third kappa shape index (κ3) is 3.53. The summed E-state index contributed by atoms with van der Waals surface area (Å²) >= 11 is 0. The summed E-state index contributed by atoms with van der Waals surface area (Å²) in [6, 6.07) is 7.45. The number of hydrogen-bond donors (Lipinski definition) is 2. The molecule has 0 spiro atoms. The molecule has 2 aromatic heterocycles. The van der Waals surface area contributed by atoms with Crippen LogP contribution in [-0.4, -0.2) is 34.9 Å². The number of fused-ring (bicyclic) bond motifs is 1. The number of piperidine rings is 1. The lowest BCUT2D eigenvalue weighted by molar-refractivity contribution is -0.126. The Hall–Kier alpha value is -3.42. The molecule has 1 aliphatic heterocycles. The Kier molecular flexibility index (Phi) is 4.92. The van der Waals surface area contributed by atoms with Crippen LogP contribution in [0, 0.1) is 12.8 Å². The molecule has 28 heavy (non-hydrogen) atoms. The van der Waals surface area contributed by atoms with E-state index in [0.29, 0.717) is 31.5 Å². The minimum atomic E-state index is -0.459. The molecular weight excluding hydrogens is 358 g/mol. The molecule has 1 aliphatic rings. The van der Waals surface area contributed by atoms with Gasteiger partial charge in [-0.2, -0.15) is 0 Å². The molecule has 0 aliphatic carbocycles. The Labute approximate surface area is 161 Å². The fourth-order valence-electron chi connectivity index (χ4n) is 3.49. The van der Waals surface area contributed by atoms with Gasteiger partial charge in [-0.3, -0.25) is 25.4 Å². The number of benzene rings is 1. The Morgan fingerprint density at radius 1 is 1.14 bits per heavy atom. The highest BCUT2D eigenvalue weighted by Gasteiger charge is 2.26. The van der Waals surface area contributed by atoms with Crippen LogP contribution in [0.3, 0.4) is 0 Å². The van der Waals surface area contributed by atoms with Crippen LogP contribution >= 0.6 is 0 Å². The molecule has 3 heterocycles. The molecule has 0 unspecified atom stereocenters. The van der Waals surface area contributed by atoms with Crippen LogP contribution in [0.1, 0.15) is 29.0 Å². The Morgan fingerprint density at radius 2 is 1.93 bits per heavy atom. The second-order valence-corrected chi connectivity index (χ2v) is 6.82. The number of para-hydroxylation sites is 1. The van der Waals surface area contributed by atoms with Gasteiger partial charge in [0.25, 0.3) is 0 Å². The van der Waals surface area contributed by atoms with E-state index >= 15 is 0 Å². The molecule has 3 aromatic rings. The van der Waals surface area contributed by atoms with E-state index in [0.717, 1.165) is 16.8 Å². The number of nitrogens with zero attached hydrogens (tertiary/aromatic N) is 3. The molecule has 8 heteroatoms. The fourth-order valence-corrected chi connectivity index (χ4v) is 3.49. The summed E-state index contributed by atoms with van der Waals surface area (Å²) < 4.78 is 5.62. The van der Waals surface area contributed by atoms with Gasteiger partial charge in [-0.1, -0.05) is 18.2 Å². The van der Waals surface area contributed by atoms with Gasteiger partial charge >= 0.3 is 5.91 Å². The Morgan fingerprint density at radius 3 is 2.64 bits per heavy atom. The van der Waals surface area contributed by atoms with Crippen LogP contribution in [0.15, 0.2) is 47.3 Å². The Balaban J connectivity index is 1.32. The number of amides is 2. The molecule has 1 fully saturated rings. The molecule has 0 atom stereocenters. The zero-order valence-electron chi connectivity index (χ0n) is 15.5. The first-order chi connectivity index (χ1) is 13.6. The van der Waals surface area contributed by atoms with Crippen LogP contribution < -0.4 is 15.8 Å². The standard InChI is InChI=1S/C20H21N5O3/c1-13-15-4-2-3-5-16(15)28-18(13)20(27)24-23-19(26)14-6-10-25(11-7-14)17-12-21-8-9-22-17/h2-5,8-9,12,14H,6-7,10-11H2,1H3,(H,23,26)(H,24,27). The quantitative estimate of drug-likeness (QED) is 0.677. The number of carbonyl (C=O) groups is 2. The zero-order valence-corrected chi connectivity index (χ0v) is 15.5. The van der Waals surface area contributed by atoms with E-state index in [4.69, 9.17) is 4.42 Å².